The van der Waals surface area contributed by atoms with E-state index in [0.717, 1.165) is 34.5 Å². The molecule has 1 aliphatic rings. The third kappa shape index (κ3) is 3.34. The van der Waals surface area contributed by atoms with Crippen molar-refractivity contribution in [2.24, 2.45) is 0 Å². The van der Waals surface area contributed by atoms with Gasteiger partial charge in [-0.05, 0) is 55.7 Å². The third-order valence-corrected chi connectivity index (χ3v) is 5.94. The molecule has 0 atom stereocenters. The number of phenols is 1. The van der Waals surface area contributed by atoms with Crippen LogP contribution < -0.4 is 14.2 Å². The van der Waals surface area contributed by atoms with Crippen LogP contribution in [0.2, 0.25) is 0 Å². The molecule has 32 heavy (non-hydrogen) atoms. The maximum absolute atomic E-state index is 13.2. The first kappa shape index (κ1) is 21.6. The largest absolute Gasteiger partial charge is 0.504 e. The number of fused-ring (bicyclic) bond motifs is 3. The number of ether oxygens (including phenoxy) is 4. The van der Waals surface area contributed by atoms with E-state index in [-0.39, 0.29) is 12.4 Å². The highest BCUT2D eigenvalue weighted by Gasteiger charge is 2.32. The van der Waals surface area contributed by atoms with Gasteiger partial charge in [-0.15, -0.1) is 0 Å². The van der Waals surface area contributed by atoms with Crippen molar-refractivity contribution in [3.63, 3.8) is 0 Å². The summed E-state index contributed by atoms with van der Waals surface area (Å²) >= 11 is 0. The van der Waals surface area contributed by atoms with E-state index in [1.54, 1.807) is 33.3 Å². The average Bonchev–Trinajstić information content (AvgIpc) is 3.10. The van der Waals surface area contributed by atoms with Crippen LogP contribution in [0.5, 0.6) is 23.0 Å². The number of aryl methyl sites for hydroxylation is 1. The molecule has 2 heterocycles. The molecule has 0 fully saturated rings. The fraction of sp³-hybridized carbons (Fsp3) is 0.320. The Bertz CT molecular complexity index is 1190. The summed E-state index contributed by atoms with van der Waals surface area (Å²) in [5.41, 5.74) is 5.61. The van der Waals surface area contributed by atoms with Gasteiger partial charge in [-0.25, -0.2) is 4.79 Å². The van der Waals surface area contributed by atoms with Crippen molar-refractivity contribution in [1.82, 2.24) is 4.57 Å². The number of hydrogen-bond acceptors (Lipinski definition) is 6. The second-order valence-corrected chi connectivity index (χ2v) is 7.56. The van der Waals surface area contributed by atoms with E-state index < -0.39 is 5.97 Å². The molecule has 2 aromatic carbocycles. The number of esters is 1. The molecule has 7 heteroatoms. The summed E-state index contributed by atoms with van der Waals surface area (Å²) in [5.74, 6) is 1.22. The van der Waals surface area contributed by atoms with Crippen molar-refractivity contribution in [3.05, 3.63) is 47.2 Å². The van der Waals surface area contributed by atoms with E-state index in [2.05, 4.69) is 4.57 Å². The molecule has 4 rings (SSSR count). The quantitative estimate of drug-likeness (QED) is 0.568. The smallest absolute Gasteiger partial charge is 0.340 e. The van der Waals surface area contributed by atoms with Crippen LogP contribution in [0.3, 0.4) is 0 Å². The van der Waals surface area contributed by atoms with Gasteiger partial charge in [0.05, 0.1) is 39.2 Å². The first-order valence-electron chi connectivity index (χ1n) is 10.5. The van der Waals surface area contributed by atoms with Gasteiger partial charge in [0.15, 0.2) is 23.0 Å². The molecular formula is C25H27NO6. The number of carbonyl (C=O) groups is 1. The highest BCUT2D eigenvalue weighted by Crippen LogP contribution is 2.46. The average molecular weight is 437 g/mol. The Morgan fingerprint density at radius 1 is 1.03 bits per heavy atom. The first-order chi connectivity index (χ1) is 15.4. The highest BCUT2D eigenvalue weighted by atomic mass is 16.5. The van der Waals surface area contributed by atoms with Crippen LogP contribution in [0.15, 0.2) is 30.3 Å². The van der Waals surface area contributed by atoms with E-state index in [1.807, 2.05) is 25.1 Å². The third-order valence-electron chi connectivity index (χ3n) is 5.94. The maximum atomic E-state index is 13.2. The lowest BCUT2D eigenvalue weighted by Gasteiger charge is -2.23. The van der Waals surface area contributed by atoms with Gasteiger partial charge < -0.3 is 28.6 Å². The van der Waals surface area contributed by atoms with Crippen LogP contribution >= 0.6 is 0 Å². The van der Waals surface area contributed by atoms with Crippen LogP contribution in [0, 0.1) is 6.92 Å². The Morgan fingerprint density at radius 3 is 2.34 bits per heavy atom. The highest BCUT2D eigenvalue weighted by molar-refractivity contribution is 6.05. The fourth-order valence-electron chi connectivity index (χ4n) is 4.48. The van der Waals surface area contributed by atoms with Crippen LogP contribution in [0.1, 0.15) is 28.5 Å². The lowest BCUT2D eigenvalue weighted by molar-refractivity contribution is 0.0528. The molecule has 168 valence electrons. The van der Waals surface area contributed by atoms with Crippen molar-refractivity contribution in [1.29, 1.82) is 0 Å². The number of hydrogen-bond donors (Lipinski definition) is 1. The molecule has 0 spiro atoms. The number of aromatic hydroxyl groups is 1. The lowest BCUT2D eigenvalue weighted by Crippen LogP contribution is -2.15. The van der Waals surface area contributed by atoms with Gasteiger partial charge in [-0.1, -0.05) is 6.07 Å². The molecular weight excluding hydrogens is 410 g/mol. The fourth-order valence-corrected chi connectivity index (χ4v) is 4.48. The Morgan fingerprint density at radius 2 is 1.72 bits per heavy atom. The summed E-state index contributed by atoms with van der Waals surface area (Å²) in [6.07, 6.45) is 0.785. The van der Waals surface area contributed by atoms with E-state index in [1.165, 1.54) is 7.11 Å². The topological polar surface area (TPSA) is 79.2 Å². The normalized spacial score (nSPS) is 12.0. The molecule has 0 aliphatic carbocycles. The van der Waals surface area contributed by atoms with Gasteiger partial charge in [-0.2, -0.15) is 0 Å². The number of methoxy groups -OCH3 is 3. The maximum Gasteiger partial charge on any atom is 0.340 e. The van der Waals surface area contributed by atoms with E-state index in [4.69, 9.17) is 18.9 Å². The predicted octanol–water partition coefficient (Wildman–Crippen LogP) is 4.59. The molecule has 1 aromatic heterocycles. The first-order valence-corrected chi connectivity index (χ1v) is 10.5. The molecule has 0 amide bonds. The summed E-state index contributed by atoms with van der Waals surface area (Å²) in [7, 11) is 4.70. The molecule has 0 bridgehead atoms. The standard InChI is InChI=1S/C25H27NO6/c1-6-32-25(28)23-22(16-7-8-19(29-3)18(27)11-16)14(2)26-10-9-15-12-20(30-4)21(31-5)13-17(15)24(23)26/h7-8,11-13,27H,6,9-10H2,1-5H3. The van der Waals surface area contributed by atoms with Crippen LogP contribution in [-0.4, -0.2) is 43.6 Å². The number of aromatic nitrogens is 1. The SMILES string of the molecule is CCOC(=O)c1c(-c2ccc(OC)c(O)c2)c(C)n2c1-c1cc(OC)c(OC)cc1CC2. The van der Waals surface area contributed by atoms with Gasteiger partial charge in [0.25, 0.3) is 0 Å². The lowest BCUT2D eigenvalue weighted by atomic mass is 9.93. The monoisotopic (exact) mass is 437 g/mol. The number of nitrogens with zero attached hydrogens (tertiary/aromatic N) is 1. The van der Waals surface area contributed by atoms with Gasteiger partial charge in [0.2, 0.25) is 0 Å². The number of carbonyl (C=O) groups excluding carboxylic acids is 1. The van der Waals surface area contributed by atoms with Crippen molar-refractivity contribution >= 4 is 5.97 Å². The zero-order valence-corrected chi connectivity index (χ0v) is 18.9. The summed E-state index contributed by atoms with van der Waals surface area (Å²) < 4.78 is 23.8. The zero-order chi connectivity index (χ0) is 23.0. The Hall–Kier alpha value is -3.61. The summed E-state index contributed by atoms with van der Waals surface area (Å²) in [6.45, 7) is 4.73. The molecule has 0 radical (unpaired) electrons. The minimum atomic E-state index is -0.405. The molecule has 1 N–H and O–H groups in total. The Labute approximate surface area is 187 Å². The number of phenolic OH excluding ortho intramolecular Hbond substituents is 1. The Kier molecular flexibility index (Phi) is 5.74. The van der Waals surface area contributed by atoms with Gasteiger partial charge >= 0.3 is 5.97 Å². The van der Waals surface area contributed by atoms with Crippen LogP contribution in [0.25, 0.3) is 22.4 Å². The minimum absolute atomic E-state index is 0.00943. The van der Waals surface area contributed by atoms with E-state index >= 15 is 0 Å². The summed E-state index contributed by atoms with van der Waals surface area (Å²) in [4.78, 5) is 13.2. The molecule has 0 unspecified atom stereocenters. The zero-order valence-electron chi connectivity index (χ0n) is 18.9. The Balaban J connectivity index is 2.03. The number of rotatable bonds is 6. The van der Waals surface area contributed by atoms with Crippen LogP contribution in [0.4, 0.5) is 0 Å². The second kappa shape index (κ2) is 8.49. The van der Waals surface area contributed by atoms with Crippen molar-refractivity contribution < 1.29 is 28.8 Å². The molecule has 7 nitrogen and oxygen atoms in total. The second-order valence-electron chi connectivity index (χ2n) is 7.56. The van der Waals surface area contributed by atoms with Crippen molar-refractivity contribution in [2.45, 2.75) is 26.8 Å². The van der Waals surface area contributed by atoms with Gasteiger partial charge in [0.1, 0.15) is 0 Å². The molecule has 1 aliphatic heterocycles. The molecule has 0 saturated carbocycles. The predicted molar refractivity (Wildman–Crippen MR) is 121 cm³/mol. The summed E-state index contributed by atoms with van der Waals surface area (Å²) in [5, 5.41) is 10.4. The van der Waals surface area contributed by atoms with Crippen LogP contribution in [-0.2, 0) is 17.7 Å². The molecule has 3 aromatic rings. The van der Waals surface area contributed by atoms with Gasteiger partial charge in [-0.3, -0.25) is 0 Å². The molecule has 0 saturated heterocycles. The minimum Gasteiger partial charge on any atom is -0.504 e. The van der Waals surface area contributed by atoms with Crippen molar-refractivity contribution in [2.75, 3.05) is 27.9 Å². The van der Waals surface area contributed by atoms with Gasteiger partial charge in [0, 0.05) is 23.4 Å². The van der Waals surface area contributed by atoms with E-state index in [9.17, 15) is 9.90 Å². The summed E-state index contributed by atoms with van der Waals surface area (Å²) in [6, 6.07) is 9.03. The van der Waals surface area contributed by atoms with Crippen molar-refractivity contribution in [3.8, 4) is 45.4 Å². The number of benzene rings is 2. The van der Waals surface area contributed by atoms with E-state index in [0.29, 0.717) is 34.9 Å².